The summed E-state index contributed by atoms with van der Waals surface area (Å²) in [5, 5.41) is 14.8. The summed E-state index contributed by atoms with van der Waals surface area (Å²) in [5.74, 6) is -0.239. The third kappa shape index (κ3) is 3.51. The number of carbonyl (C=O) groups excluding carboxylic acids is 1. The quantitative estimate of drug-likeness (QED) is 0.769. The lowest BCUT2D eigenvalue weighted by atomic mass is 10.1. The Morgan fingerprint density at radius 2 is 1.65 bits per heavy atom. The molecule has 0 heterocycles. The average Bonchev–Trinajstić information content (AvgIpc) is 2.56. The summed E-state index contributed by atoms with van der Waals surface area (Å²) in [5.41, 5.74) is 2.71. The molecule has 0 aromatic heterocycles. The van der Waals surface area contributed by atoms with E-state index in [-0.39, 0.29) is 11.7 Å². The Kier molecular flexibility index (Phi) is 4.29. The number of hydrogen-bond acceptors (Lipinski definition) is 2. The minimum absolute atomic E-state index is 0.0107. The average molecular weight is 305 g/mol. The van der Waals surface area contributed by atoms with Crippen LogP contribution in [0.15, 0.2) is 60.7 Å². The van der Waals surface area contributed by atoms with Gasteiger partial charge in [0.2, 0.25) is 0 Å². The van der Waals surface area contributed by atoms with E-state index in [1.54, 1.807) is 12.1 Å². The second-order valence-electron chi connectivity index (χ2n) is 5.71. The first-order chi connectivity index (χ1) is 11.1. The van der Waals surface area contributed by atoms with Crippen molar-refractivity contribution < 1.29 is 9.90 Å². The molecule has 0 saturated carbocycles. The standard InChI is InChI=1S/C20H19NO2/c1-14-6-8-15(9-7-14)10-11-21-20(23)18-12-16-4-2-3-5-17(16)13-19(18)22/h2-9,12-13,22H,10-11H2,1H3,(H,21,23). The van der Waals surface area contributed by atoms with Gasteiger partial charge in [-0.25, -0.2) is 0 Å². The first-order valence-corrected chi connectivity index (χ1v) is 7.69. The Morgan fingerprint density at radius 3 is 2.35 bits per heavy atom. The van der Waals surface area contributed by atoms with E-state index < -0.39 is 0 Å². The van der Waals surface area contributed by atoms with Crippen LogP contribution in [0.2, 0.25) is 0 Å². The highest BCUT2D eigenvalue weighted by Crippen LogP contribution is 2.24. The van der Waals surface area contributed by atoms with E-state index in [2.05, 4.69) is 29.6 Å². The molecule has 0 saturated heterocycles. The Bertz CT molecular complexity index is 838. The van der Waals surface area contributed by atoms with E-state index >= 15 is 0 Å². The molecule has 0 aliphatic heterocycles. The molecule has 0 fully saturated rings. The van der Waals surface area contributed by atoms with Crippen LogP contribution in [0.4, 0.5) is 0 Å². The molecule has 3 aromatic carbocycles. The number of fused-ring (bicyclic) bond motifs is 1. The van der Waals surface area contributed by atoms with Crippen molar-refractivity contribution in [3.8, 4) is 5.75 Å². The molecule has 0 bridgehead atoms. The number of aryl methyl sites for hydroxylation is 1. The lowest BCUT2D eigenvalue weighted by Crippen LogP contribution is -2.25. The van der Waals surface area contributed by atoms with Gasteiger partial charge in [0.1, 0.15) is 5.75 Å². The maximum atomic E-state index is 12.3. The van der Waals surface area contributed by atoms with Gasteiger partial charge in [-0.15, -0.1) is 0 Å². The second kappa shape index (κ2) is 6.53. The smallest absolute Gasteiger partial charge is 0.255 e. The molecular formula is C20H19NO2. The number of aromatic hydroxyl groups is 1. The zero-order chi connectivity index (χ0) is 16.2. The van der Waals surface area contributed by atoms with E-state index in [1.807, 2.05) is 31.2 Å². The third-order valence-electron chi connectivity index (χ3n) is 3.93. The van der Waals surface area contributed by atoms with Crippen molar-refractivity contribution in [3.63, 3.8) is 0 Å². The highest BCUT2D eigenvalue weighted by atomic mass is 16.3. The van der Waals surface area contributed by atoms with Crippen LogP contribution < -0.4 is 5.32 Å². The van der Waals surface area contributed by atoms with Gasteiger partial charge >= 0.3 is 0 Å². The Balaban J connectivity index is 1.68. The summed E-state index contributed by atoms with van der Waals surface area (Å²) >= 11 is 0. The fourth-order valence-corrected chi connectivity index (χ4v) is 2.58. The van der Waals surface area contributed by atoms with Gasteiger partial charge in [-0.05, 0) is 41.8 Å². The fourth-order valence-electron chi connectivity index (χ4n) is 2.58. The van der Waals surface area contributed by atoms with E-state index in [0.717, 1.165) is 17.2 Å². The SMILES string of the molecule is Cc1ccc(CCNC(=O)c2cc3ccccc3cc2O)cc1. The molecule has 3 heteroatoms. The molecule has 3 rings (SSSR count). The lowest BCUT2D eigenvalue weighted by Gasteiger charge is -2.09. The Labute approximate surface area is 135 Å². The maximum absolute atomic E-state index is 12.3. The van der Waals surface area contributed by atoms with Gasteiger partial charge in [-0.2, -0.15) is 0 Å². The molecule has 0 unspecified atom stereocenters. The molecule has 23 heavy (non-hydrogen) atoms. The van der Waals surface area contributed by atoms with Gasteiger partial charge in [0.15, 0.2) is 0 Å². The van der Waals surface area contributed by atoms with Crippen molar-refractivity contribution in [1.82, 2.24) is 5.32 Å². The molecule has 0 aliphatic rings. The molecule has 2 N–H and O–H groups in total. The minimum atomic E-state index is -0.250. The van der Waals surface area contributed by atoms with Crippen molar-refractivity contribution in [2.24, 2.45) is 0 Å². The normalized spacial score (nSPS) is 10.7. The molecule has 0 spiro atoms. The van der Waals surface area contributed by atoms with Crippen molar-refractivity contribution in [2.45, 2.75) is 13.3 Å². The molecule has 3 aromatic rings. The summed E-state index contributed by atoms with van der Waals surface area (Å²) in [6.07, 6.45) is 0.764. The van der Waals surface area contributed by atoms with Crippen LogP contribution in [0.5, 0.6) is 5.75 Å². The molecule has 0 atom stereocenters. The zero-order valence-electron chi connectivity index (χ0n) is 13.0. The second-order valence-corrected chi connectivity index (χ2v) is 5.71. The van der Waals surface area contributed by atoms with Crippen LogP contribution >= 0.6 is 0 Å². The lowest BCUT2D eigenvalue weighted by molar-refractivity contribution is 0.0951. The van der Waals surface area contributed by atoms with Crippen molar-refractivity contribution in [1.29, 1.82) is 0 Å². The number of carbonyl (C=O) groups is 1. The van der Waals surface area contributed by atoms with Gasteiger partial charge in [0.05, 0.1) is 5.56 Å². The van der Waals surface area contributed by atoms with Crippen LogP contribution in [0, 0.1) is 6.92 Å². The fraction of sp³-hybridized carbons (Fsp3) is 0.150. The molecule has 1 amide bonds. The number of benzene rings is 3. The summed E-state index contributed by atoms with van der Waals surface area (Å²) in [4.78, 5) is 12.3. The minimum Gasteiger partial charge on any atom is -0.507 e. The van der Waals surface area contributed by atoms with Gasteiger partial charge in [-0.3, -0.25) is 4.79 Å². The molecule has 116 valence electrons. The highest BCUT2D eigenvalue weighted by molar-refractivity contribution is 6.01. The van der Waals surface area contributed by atoms with E-state index in [1.165, 1.54) is 11.1 Å². The van der Waals surface area contributed by atoms with Crippen LogP contribution in [-0.2, 0) is 6.42 Å². The third-order valence-corrected chi connectivity index (χ3v) is 3.93. The van der Waals surface area contributed by atoms with Gasteiger partial charge in [-0.1, -0.05) is 54.1 Å². The van der Waals surface area contributed by atoms with Crippen LogP contribution in [0.25, 0.3) is 10.8 Å². The number of hydrogen-bond donors (Lipinski definition) is 2. The highest BCUT2D eigenvalue weighted by Gasteiger charge is 2.11. The van der Waals surface area contributed by atoms with Crippen LogP contribution in [0.1, 0.15) is 21.5 Å². The monoisotopic (exact) mass is 305 g/mol. The Morgan fingerprint density at radius 1 is 1.00 bits per heavy atom. The molecule has 0 aliphatic carbocycles. The van der Waals surface area contributed by atoms with E-state index in [0.29, 0.717) is 12.1 Å². The predicted molar refractivity (Wildman–Crippen MR) is 92.8 cm³/mol. The van der Waals surface area contributed by atoms with E-state index in [4.69, 9.17) is 0 Å². The van der Waals surface area contributed by atoms with Crippen molar-refractivity contribution in [3.05, 3.63) is 77.4 Å². The number of rotatable bonds is 4. The van der Waals surface area contributed by atoms with E-state index in [9.17, 15) is 9.90 Å². The summed E-state index contributed by atoms with van der Waals surface area (Å²) in [6, 6.07) is 19.3. The largest absolute Gasteiger partial charge is 0.507 e. The molecule has 0 radical (unpaired) electrons. The number of amides is 1. The summed E-state index contributed by atoms with van der Waals surface area (Å²) < 4.78 is 0. The topological polar surface area (TPSA) is 49.3 Å². The van der Waals surface area contributed by atoms with Crippen molar-refractivity contribution >= 4 is 16.7 Å². The number of phenolic OH excluding ortho intramolecular Hbond substituents is 1. The van der Waals surface area contributed by atoms with Crippen LogP contribution in [0.3, 0.4) is 0 Å². The first kappa shape index (κ1) is 15.1. The predicted octanol–water partition coefficient (Wildman–Crippen LogP) is 3.83. The Hall–Kier alpha value is -2.81. The van der Waals surface area contributed by atoms with Gasteiger partial charge in [0, 0.05) is 6.54 Å². The number of nitrogens with one attached hydrogen (secondary N) is 1. The maximum Gasteiger partial charge on any atom is 0.255 e. The van der Waals surface area contributed by atoms with Gasteiger partial charge in [0.25, 0.3) is 5.91 Å². The summed E-state index contributed by atoms with van der Waals surface area (Å²) in [6.45, 7) is 2.59. The van der Waals surface area contributed by atoms with Crippen LogP contribution in [-0.4, -0.2) is 17.6 Å². The van der Waals surface area contributed by atoms with Gasteiger partial charge < -0.3 is 10.4 Å². The first-order valence-electron chi connectivity index (χ1n) is 7.69. The molecule has 3 nitrogen and oxygen atoms in total. The number of phenols is 1. The summed E-state index contributed by atoms with van der Waals surface area (Å²) in [7, 11) is 0. The molecular weight excluding hydrogens is 286 g/mol. The zero-order valence-corrected chi connectivity index (χ0v) is 13.0. The van der Waals surface area contributed by atoms with Crippen molar-refractivity contribution in [2.75, 3.05) is 6.54 Å².